The molecule has 0 saturated carbocycles. The summed E-state index contributed by atoms with van der Waals surface area (Å²) in [4.78, 5) is 16.9. The van der Waals surface area contributed by atoms with Gasteiger partial charge in [0.2, 0.25) is 5.13 Å². The number of nitrogens with two attached hydrogens (primary N) is 1. The number of hydrogen-bond donors (Lipinski definition) is 2. The van der Waals surface area contributed by atoms with E-state index in [0.29, 0.717) is 6.54 Å². The number of aromatic nitrogens is 2. The normalized spacial score (nSPS) is 20.8. The van der Waals surface area contributed by atoms with Gasteiger partial charge >= 0.3 is 6.03 Å². The number of piperidine rings is 1. The van der Waals surface area contributed by atoms with Crippen LogP contribution >= 0.6 is 11.5 Å². The molecule has 6 nitrogen and oxygen atoms in total. The van der Waals surface area contributed by atoms with Crippen molar-refractivity contribution in [1.29, 1.82) is 0 Å². The Bertz CT molecular complexity index is 380. The predicted octanol–water partition coefficient (Wildman–Crippen LogP) is 0.802. The smallest absolute Gasteiger partial charge is 0.314 e. The van der Waals surface area contributed by atoms with Crippen molar-refractivity contribution < 1.29 is 4.79 Å². The molecule has 88 valence electrons. The number of carbonyl (C=O) groups excluding carboxylic acids is 1. The Morgan fingerprint density at radius 1 is 1.69 bits per heavy atom. The van der Waals surface area contributed by atoms with Crippen molar-refractivity contribution in [3.8, 4) is 0 Å². The fourth-order valence-corrected chi connectivity index (χ4v) is 2.48. The molecule has 2 amide bonds. The van der Waals surface area contributed by atoms with Crippen LogP contribution in [0.15, 0.2) is 0 Å². The zero-order chi connectivity index (χ0) is 11.5. The molecule has 1 unspecified atom stereocenters. The lowest BCUT2D eigenvalue weighted by atomic mass is 10.1. The topological polar surface area (TPSA) is 84.1 Å². The number of amides is 2. The highest BCUT2D eigenvalue weighted by Crippen LogP contribution is 2.17. The third-order valence-electron chi connectivity index (χ3n) is 2.59. The molecule has 7 heteroatoms. The average Bonchev–Trinajstić information content (AvgIpc) is 2.64. The summed E-state index contributed by atoms with van der Waals surface area (Å²) >= 11 is 1.35. The zero-order valence-corrected chi connectivity index (χ0v) is 9.96. The quantitative estimate of drug-likeness (QED) is 0.802. The predicted molar refractivity (Wildman–Crippen MR) is 62.4 cm³/mol. The number of aryl methyl sites for hydroxylation is 1. The van der Waals surface area contributed by atoms with Gasteiger partial charge in [-0.15, -0.1) is 0 Å². The minimum absolute atomic E-state index is 0.230. The molecule has 3 N–H and O–H groups in total. The Morgan fingerprint density at radius 2 is 2.50 bits per heavy atom. The van der Waals surface area contributed by atoms with Crippen molar-refractivity contribution in [1.82, 2.24) is 14.3 Å². The number of hydrogen-bond acceptors (Lipinski definition) is 5. The zero-order valence-electron chi connectivity index (χ0n) is 9.14. The summed E-state index contributed by atoms with van der Waals surface area (Å²) in [5.74, 6) is 0.773. The SMILES string of the molecule is Cc1nsc(NC2CCCN(C(N)=O)C2)n1. The van der Waals surface area contributed by atoms with Gasteiger partial charge in [-0.2, -0.15) is 4.37 Å². The van der Waals surface area contributed by atoms with Gasteiger partial charge in [-0.3, -0.25) is 0 Å². The first-order valence-electron chi connectivity index (χ1n) is 5.26. The molecule has 1 aromatic rings. The summed E-state index contributed by atoms with van der Waals surface area (Å²) in [6.45, 7) is 3.26. The average molecular weight is 241 g/mol. The summed E-state index contributed by atoms with van der Waals surface area (Å²) in [6, 6.07) is -0.117. The Labute approximate surface area is 98.0 Å². The van der Waals surface area contributed by atoms with E-state index in [0.717, 1.165) is 30.3 Å². The van der Waals surface area contributed by atoms with Gasteiger partial charge in [0.15, 0.2) is 0 Å². The number of urea groups is 1. The number of likely N-dealkylation sites (tertiary alicyclic amines) is 1. The van der Waals surface area contributed by atoms with E-state index in [4.69, 9.17) is 5.73 Å². The van der Waals surface area contributed by atoms with E-state index >= 15 is 0 Å². The van der Waals surface area contributed by atoms with Crippen LogP contribution < -0.4 is 11.1 Å². The molecule has 0 bridgehead atoms. The number of nitrogens with one attached hydrogen (secondary N) is 1. The number of primary amides is 1. The maximum absolute atomic E-state index is 11.1. The molecule has 1 aliphatic rings. The molecule has 0 spiro atoms. The van der Waals surface area contributed by atoms with Crippen LogP contribution in [0.4, 0.5) is 9.93 Å². The Kier molecular flexibility index (Phi) is 3.23. The molecule has 0 aromatic carbocycles. The van der Waals surface area contributed by atoms with Crippen LogP contribution in [0.5, 0.6) is 0 Å². The Balaban J connectivity index is 1.92. The highest BCUT2D eigenvalue weighted by atomic mass is 32.1. The van der Waals surface area contributed by atoms with Gasteiger partial charge in [0.05, 0.1) is 0 Å². The molecule has 0 radical (unpaired) electrons. The minimum atomic E-state index is -0.347. The van der Waals surface area contributed by atoms with E-state index in [1.54, 1.807) is 4.90 Å². The Morgan fingerprint density at radius 3 is 3.12 bits per heavy atom. The van der Waals surface area contributed by atoms with Gasteiger partial charge in [0.1, 0.15) is 5.82 Å². The highest BCUT2D eigenvalue weighted by molar-refractivity contribution is 7.09. The standard InChI is InChI=1S/C9H15N5OS/c1-6-11-9(16-13-6)12-7-3-2-4-14(5-7)8(10)15/h7H,2-5H2,1H3,(H2,10,15)(H,11,12,13). The summed E-state index contributed by atoms with van der Waals surface area (Å²) in [6.07, 6.45) is 2.00. The first-order valence-corrected chi connectivity index (χ1v) is 6.03. The Hall–Kier alpha value is -1.37. The van der Waals surface area contributed by atoms with Crippen molar-refractivity contribution >= 4 is 22.7 Å². The fraction of sp³-hybridized carbons (Fsp3) is 0.667. The molecule has 1 fully saturated rings. The molecule has 2 heterocycles. The third-order valence-corrected chi connectivity index (χ3v) is 3.33. The van der Waals surface area contributed by atoms with E-state index in [2.05, 4.69) is 14.7 Å². The molecular formula is C9H15N5OS. The van der Waals surface area contributed by atoms with Crippen molar-refractivity contribution in [3.05, 3.63) is 5.82 Å². The molecule has 0 aliphatic carbocycles. The van der Waals surface area contributed by atoms with Crippen molar-refractivity contribution in [2.24, 2.45) is 5.73 Å². The summed E-state index contributed by atoms with van der Waals surface area (Å²) in [5.41, 5.74) is 5.26. The summed E-state index contributed by atoms with van der Waals surface area (Å²) in [5, 5.41) is 4.10. The first-order chi connectivity index (χ1) is 7.65. The second-order valence-corrected chi connectivity index (χ2v) is 4.67. The number of anilines is 1. The van der Waals surface area contributed by atoms with E-state index in [1.807, 2.05) is 6.92 Å². The molecule has 1 aliphatic heterocycles. The molecule has 1 saturated heterocycles. The van der Waals surface area contributed by atoms with Gasteiger partial charge < -0.3 is 16.0 Å². The highest BCUT2D eigenvalue weighted by Gasteiger charge is 2.22. The largest absolute Gasteiger partial charge is 0.356 e. The van der Waals surface area contributed by atoms with E-state index in [9.17, 15) is 4.79 Å². The summed E-state index contributed by atoms with van der Waals surface area (Å²) in [7, 11) is 0. The molecule has 2 rings (SSSR count). The second-order valence-electron chi connectivity index (χ2n) is 3.91. The van der Waals surface area contributed by atoms with Crippen LogP contribution in [0, 0.1) is 6.92 Å². The van der Waals surface area contributed by atoms with E-state index in [1.165, 1.54) is 11.5 Å². The van der Waals surface area contributed by atoms with E-state index < -0.39 is 0 Å². The minimum Gasteiger partial charge on any atom is -0.356 e. The van der Waals surface area contributed by atoms with Crippen LogP contribution in [0.3, 0.4) is 0 Å². The van der Waals surface area contributed by atoms with Crippen LogP contribution in [0.2, 0.25) is 0 Å². The van der Waals surface area contributed by atoms with Gasteiger partial charge in [0.25, 0.3) is 0 Å². The first kappa shape index (κ1) is 11.1. The third kappa shape index (κ3) is 2.60. The van der Waals surface area contributed by atoms with Gasteiger partial charge in [-0.05, 0) is 19.8 Å². The molecule has 1 atom stereocenters. The van der Waals surface area contributed by atoms with Crippen molar-refractivity contribution in [2.75, 3.05) is 18.4 Å². The number of nitrogens with zero attached hydrogens (tertiary/aromatic N) is 3. The van der Waals surface area contributed by atoms with Gasteiger partial charge in [-0.1, -0.05) is 0 Å². The van der Waals surface area contributed by atoms with Crippen LogP contribution in [-0.4, -0.2) is 39.4 Å². The van der Waals surface area contributed by atoms with Crippen molar-refractivity contribution in [2.45, 2.75) is 25.8 Å². The van der Waals surface area contributed by atoms with Crippen molar-refractivity contribution in [3.63, 3.8) is 0 Å². The monoisotopic (exact) mass is 241 g/mol. The van der Waals surface area contributed by atoms with Crippen LogP contribution in [0.1, 0.15) is 18.7 Å². The molecular weight excluding hydrogens is 226 g/mol. The lowest BCUT2D eigenvalue weighted by molar-refractivity contribution is 0.192. The maximum atomic E-state index is 11.1. The molecule has 1 aromatic heterocycles. The lowest BCUT2D eigenvalue weighted by Gasteiger charge is -2.31. The van der Waals surface area contributed by atoms with Crippen LogP contribution in [0.25, 0.3) is 0 Å². The summed E-state index contributed by atoms with van der Waals surface area (Å²) < 4.78 is 4.10. The maximum Gasteiger partial charge on any atom is 0.314 e. The molecule has 16 heavy (non-hydrogen) atoms. The van der Waals surface area contributed by atoms with Gasteiger partial charge in [0, 0.05) is 30.7 Å². The lowest BCUT2D eigenvalue weighted by Crippen LogP contribution is -2.47. The fourth-order valence-electron chi connectivity index (χ4n) is 1.83. The number of carbonyl (C=O) groups is 1. The second kappa shape index (κ2) is 4.65. The van der Waals surface area contributed by atoms with Crippen LogP contribution in [-0.2, 0) is 0 Å². The van der Waals surface area contributed by atoms with E-state index in [-0.39, 0.29) is 12.1 Å². The number of rotatable bonds is 2. The van der Waals surface area contributed by atoms with Gasteiger partial charge in [-0.25, -0.2) is 9.78 Å².